The first-order valence-electron chi connectivity index (χ1n) is 2.57. The zero-order chi connectivity index (χ0) is 4.74. The van der Waals surface area contributed by atoms with Gasteiger partial charge in [-0.1, -0.05) is 0 Å². The van der Waals surface area contributed by atoms with Crippen molar-refractivity contribution in [3.8, 4) is 0 Å². The Bertz CT molecular complexity index is 68.6. The predicted octanol–water partition coefficient (Wildman–Crippen LogP) is 1.27. The number of hydrogen-bond donors (Lipinski definition) is 0. The number of rotatable bonds is 0. The van der Waals surface area contributed by atoms with Crippen LogP contribution in [0.4, 0.5) is 0 Å². The Morgan fingerprint density at radius 1 is 1.29 bits per heavy atom. The average molecular weight is 179 g/mol. The molecule has 2 saturated heterocycles. The van der Waals surface area contributed by atoms with E-state index < -0.39 is 0 Å². The van der Waals surface area contributed by atoms with Crippen LogP contribution >= 0.6 is 11.8 Å². The van der Waals surface area contributed by atoms with E-state index >= 15 is 0 Å². The van der Waals surface area contributed by atoms with Crippen LogP contribution in [0.1, 0.15) is 0 Å². The summed E-state index contributed by atoms with van der Waals surface area (Å²) in [6.07, 6.45) is 0. The van der Waals surface area contributed by atoms with Gasteiger partial charge in [-0.05, 0) is 0 Å². The second-order valence-corrected chi connectivity index (χ2v) is 5.54. The van der Waals surface area contributed by atoms with Crippen LogP contribution in [0.5, 0.6) is 0 Å². The minimum atomic E-state index is 0.935. The first kappa shape index (κ1) is 4.72. The Morgan fingerprint density at radius 3 is 2.00 bits per heavy atom. The molecule has 0 nitrogen and oxygen atoms in total. The summed E-state index contributed by atoms with van der Waals surface area (Å²) in [5, 5.41) is 3.21. The summed E-state index contributed by atoms with van der Waals surface area (Å²) < 4.78 is 0. The Labute approximate surface area is 54.6 Å². The molecule has 2 aliphatic rings. The normalized spacial score (nSPS) is 34.3. The van der Waals surface area contributed by atoms with Crippen molar-refractivity contribution in [2.75, 3.05) is 11.5 Å². The predicted molar refractivity (Wildman–Crippen MR) is 35.1 cm³/mol. The molecule has 0 aromatic heterocycles. The fraction of sp³-hybridized carbons (Fsp3) is 1.00. The van der Waals surface area contributed by atoms with Gasteiger partial charge in [0.2, 0.25) is 0 Å². The van der Waals surface area contributed by atoms with Crippen molar-refractivity contribution in [3.63, 3.8) is 0 Å². The summed E-state index contributed by atoms with van der Waals surface area (Å²) in [5.41, 5.74) is 0.935. The average Bonchev–Trinajstić information content (AvgIpc) is 1.20. The third-order valence-corrected chi connectivity index (χ3v) is 6.69. The van der Waals surface area contributed by atoms with E-state index in [4.69, 9.17) is 0 Å². The van der Waals surface area contributed by atoms with E-state index in [0.717, 1.165) is 20.4 Å². The van der Waals surface area contributed by atoms with Gasteiger partial charge in [0.1, 0.15) is 0 Å². The van der Waals surface area contributed by atoms with Gasteiger partial charge in [-0.15, -0.1) is 0 Å². The van der Waals surface area contributed by atoms with Crippen molar-refractivity contribution >= 4 is 26.7 Å². The van der Waals surface area contributed by atoms with Gasteiger partial charge in [0.15, 0.2) is 0 Å². The molecule has 0 N–H and O–H groups in total. The van der Waals surface area contributed by atoms with Gasteiger partial charge in [0, 0.05) is 0 Å². The first-order valence-corrected chi connectivity index (χ1v) is 6.15. The molecule has 0 amide bonds. The van der Waals surface area contributed by atoms with Gasteiger partial charge < -0.3 is 0 Å². The minimum absolute atomic E-state index is 0.935. The monoisotopic (exact) mass is 180 g/mol. The molecule has 0 unspecified atom stereocenters. The van der Waals surface area contributed by atoms with Crippen molar-refractivity contribution in [3.05, 3.63) is 0 Å². The molecule has 0 aliphatic carbocycles. The van der Waals surface area contributed by atoms with Crippen molar-refractivity contribution in [1.82, 2.24) is 0 Å². The van der Waals surface area contributed by atoms with Gasteiger partial charge in [0.05, 0.1) is 0 Å². The van der Waals surface area contributed by atoms with Gasteiger partial charge in [-0.2, -0.15) is 0 Å². The van der Waals surface area contributed by atoms with Crippen LogP contribution in [0.3, 0.4) is 0 Å². The summed E-state index contributed by atoms with van der Waals surface area (Å²) in [6.45, 7) is 0. The molecule has 0 atom stereocenters. The molecule has 40 valence electrons. The van der Waals surface area contributed by atoms with Crippen LogP contribution in [0.2, 0.25) is 10.6 Å². The molecule has 0 aromatic carbocycles. The third-order valence-electron chi connectivity index (χ3n) is 1.63. The van der Waals surface area contributed by atoms with Crippen molar-refractivity contribution in [2.45, 2.75) is 10.6 Å². The molecule has 0 bridgehead atoms. The Kier molecular flexibility index (Phi) is 0.964. The summed E-state index contributed by atoms with van der Waals surface area (Å²) >= 11 is 3.20. The maximum atomic E-state index is 2.13. The van der Waals surface area contributed by atoms with Crippen LogP contribution in [0, 0.1) is 5.41 Å². The van der Waals surface area contributed by atoms with E-state index in [2.05, 4.69) is 11.8 Å². The summed E-state index contributed by atoms with van der Waals surface area (Å²) in [7, 11) is 0. The molecule has 2 heterocycles. The zero-order valence-corrected chi connectivity index (χ0v) is 6.67. The molecule has 2 heteroatoms. The molecule has 0 aromatic rings. The third kappa shape index (κ3) is 0.572. The molecule has 2 rings (SSSR count). The summed E-state index contributed by atoms with van der Waals surface area (Å²) in [5.74, 6) is 2.99. The zero-order valence-electron chi connectivity index (χ0n) is 4.14. The second kappa shape index (κ2) is 1.43. The topological polar surface area (TPSA) is 0 Å². The number of hydrogen-bond acceptors (Lipinski definition) is 1. The molecule has 2 aliphatic heterocycles. The molecule has 0 radical (unpaired) electrons. The van der Waals surface area contributed by atoms with Gasteiger partial charge >= 0.3 is 54.3 Å². The fourth-order valence-corrected chi connectivity index (χ4v) is 5.80. The van der Waals surface area contributed by atoms with Crippen molar-refractivity contribution in [2.24, 2.45) is 5.41 Å². The van der Waals surface area contributed by atoms with Crippen molar-refractivity contribution < 1.29 is 0 Å². The molecular weight excluding hydrogens is 171 g/mol. The Hall–Kier alpha value is 0.869. The fourth-order valence-electron chi connectivity index (χ4n) is 0.948. The Morgan fingerprint density at radius 2 is 2.00 bits per heavy atom. The van der Waals surface area contributed by atoms with Crippen LogP contribution in [0.25, 0.3) is 0 Å². The van der Waals surface area contributed by atoms with E-state index in [1.165, 1.54) is 11.5 Å². The molecule has 7 heavy (non-hydrogen) atoms. The molecule has 2 fully saturated rings. The standard InChI is InChI=1S/C5H8SSe/c1-5(2-6-1)3-7-4-5/h1-4H2. The van der Waals surface area contributed by atoms with E-state index in [0.29, 0.717) is 0 Å². The molecular formula is C5H8SSe. The van der Waals surface area contributed by atoms with E-state index in [-0.39, 0.29) is 0 Å². The van der Waals surface area contributed by atoms with E-state index in [1.54, 1.807) is 10.6 Å². The maximum absolute atomic E-state index is 2.13. The summed E-state index contributed by atoms with van der Waals surface area (Å²) in [6, 6.07) is 0. The van der Waals surface area contributed by atoms with E-state index in [1.807, 2.05) is 0 Å². The SMILES string of the molecule is C1SCC12C[Se]C2. The van der Waals surface area contributed by atoms with Crippen LogP contribution < -0.4 is 0 Å². The molecule has 1 spiro atoms. The summed E-state index contributed by atoms with van der Waals surface area (Å²) in [4.78, 5) is 0. The number of thioether (sulfide) groups is 1. The van der Waals surface area contributed by atoms with Crippen LogP contribution in [-0.2, 0) is 0 Å². The van der Waals surface area contributed by atoms with E-state index in [9.17, 15) is 0 Å². The van der Waals surface area contributed by atoms with Gasteiger partial charge in [0.25, 0.3) is 0 Å². The van der Waals surface area contributed by atoms with Gasteiger partial charge in [-0.25, -0.2) is 0 Å². The van der Waals surface area contributed by atoms with Gasteiger partial charge in [-0.3, -0.25) is 0 Å². The quantitative estimate of drug-likeness (QED) is 0.505. The first-order chi connectivity index (χ1) is 3.41. The Balaban J connectivity index is 2.00. The van der Waals surface area contributed by atoms with Crippen molar-refractivity contribution in [1.29, 1.82) is 0 Å². The second-order valence-electron chi connectivity index (χ2n) is 2.49. The molecule has 0 saturated carbocycles. The van der Waals surface area contributed by atoms with Crippen LogP contribution in [-0.4, -0.2) is 26.5 Å². The van der Waals surface area contributed by atoms with Crippen LogP contribution in [0.15, 0.2) is 0 Å².